The van der Waals surface area contributed by atoms with E-state index in [0.717, 1.165) is 16.8 Å². The number of benzene rings is 1. The summed E-state index contributed by atoms with van der Waals surface area (Å²) < 4.78 is 6.02. The van der Waals surface area contributed by atoms with Crippen molar-refractivity contribution >= 4 is 51.2 Å². The van der Waals surface area contributed by atoms with Crippen molar-refractivity contribution < 1.29 is 14.3 Å². The number of hydrogen-bond donors (Lipinski definition) is 1. The zero-order chi connectivity index (χ0) is 24.4. The third-order valence-electron chi connectivity index (χ3n) is 5.23. The summed E-state index contributed by atoms with van der Waals surface area (Å²) in [6, 6.07) is 3.97. The van der Waals surface area contributed by atoms with Crippen LogP contribution in [0.1, 0.15) is 41.2 Å². The molecule has 0 saturated carbocycles. The number of rotatable bonds is 8. The molecule has 178 valence electrons. The molecule has 1 N–H and O–H groups in total. The number of aromatic nitrogens is 3. The van der Waals surface area contributed by atoms with Gasteiger partial charge in [-0.1, -0.05) is 11.3 Å². The summed E-state index contributed by atoms with van der Waals surface area (Å²) in [5.74, 6) is 0.871. The lowest BCUT2D eigenvalue weighted by atomic mass is 10.1. The van der Waals surface area contributed by atoms with Gasteiger partial charge in [-0.25, -0.2) is 15.0 Å². The minimum Gasteiger partial charge on any atom is -0.489 e. The highest BCUT2D eigenvalue weighted by molar-refractivity contribution is 7.19. The molecule has 0 bridgehead atoms. The summed E-state index contributed by atoms with van der Waals surface area (Å²) in [5, 5.41) is 3.61. The molecule has 4 rings (SSSR count). The topological polar surface area (TPSA) is 113 Å². The number of fused-ring (bicyclic) bond motifs is 2. The number of amides is 2. The van der Waals surface area contributed by atoms with Crippen molar-refractivity contribution in [1.29, 1.82) is 0 Å². The van der Waals surface area contributed by atoms with E-state index in [4.69, 9.17) is 4.74 Å². The first-order valence-corrected chi connectivity index (χ1v) is 11.7. The summed E-state index contributed by atoms with van der Waals surface area (Å²) in [7, 11) is 5.04. The molecule has 10 nitrogen and oxygen atoms in total. The number of ether oxygens (including phenoxy) is 1. The molecule has 1 aliphatic rings. The minimum atomic E-state index is -0.266. The second kappa shape index (κ2) is 9.72. The Hall–Kier alpha value is -3.60. The van der Waals surface area contributed by atoms with Crippen molar-refractivity contribution in [2.24, 2.45) is 4.99 Å². The van der Waals surface area contributed by atoms with Gasteiger partial charge in [-0.3, -0.25) is 14.6 Å². The van der Waals surface area contributed by atoms with Crippen LogP contribution in [-0.2, 0) is 11.3 Å². The van der Waals surface area contributed by atoms with E-state index in [1.54, 1.807) is 21.1 Å². The van der Waals surface area contributed by atoms with E-state index in [-0.39, 0.29) is 29.3 Å². The zero-order valence-corrected chi connectivity index (χ0v) is 20.6. The molecule has 0 fully saturated rings. The number of carbonyl (C=O) groups excluding carboxylic acids is 2. The van der Waals surface area contributed by atoms with E-state index < -0.39 is 0 Å². The number of nitrogens with one attached hydrogen (secondary N) is 1. The van der Waals surface area contributed by atoms with Crippen molar-refractivity contribution in [2.75, 3.05) is 33.0 Å². The molecule has 0 aliphatic carbocycles. The second-order valence-electron chi connectivity index (χ2n) is 8.47. The Morgan fingerprint density at radius 1 is 1.21 bits per heavy atom. The lowest BCUT2D eigenvalue weighted by molar-refractivity contribution is -0.128. The van der Waals surface area contributed by atoms with Gasteiger partial charge in [0.15, 0.2) is 10.8 Å². The number of hydrogen-bond acceptors (Lipinski definition) is 9. The van der Waals surface area contributed by atoms with Gasteiger partial charge in [-0.05, 0) is 37.1 Å². The normalized spacial score (nSPS) is 12.2. The lowest BCUT2D eigenvalue weighted by Gasteiger charge is -2.17. The molecule has 0 spiro atoms. The predicted molar refractivity (Wildman–Crippen MR) is 132 cm³/mol. The number of thiazole rings is 1. The van der Waals surface area contributed by atoms with Gasteiger partial charge in [-0.15, -0.1) is 0 Å². The quantitative estimate of drug-likeness (QED) is 0.526. The van der Waals surface area contributed by atoms with Crippen LogP contribution in [0, 0.1) is 0 Å². The van der Waals surface area contributed by atoms with Crippen LogP contribution >= 0.6 is 11.3 Å². The molecule has 1 aliphatic heterocycles. The maximum absolute atomic E-state index is 12.9. The van der Waals surface area contributed by atoms with Crippen LogP contribution in [0.3, 0.4) is 0 Å². The van der Waals surface area contributed by atoms with Crippen molar-refractivity contribution in [2.45, 2.75) is 32.9 Å². The highest BCUT2D eigenvalue weighted by atomic mass is 32.1. The largest absolute Gasteiger partial charge is 0.489 e. The average Bonchev–Trinajstić information content (AvgIpc) is 3.43. The van der Waals surface area contributed by atoms with Gasteiger partial charge in [0.1, 0.15) is 22.4 Å². The molecule has 0 atom stereocenters. The highest BCUT2D eigenvalue weighted by Crippen LogP contribution is 2.35. The van der Waals surface area contributed by atoms with E-state index in [1.165, 1.54) is 27.5 Å². The van der Waals surface area contributed by atoms with Crippen LogP contribution < -0.4 is 10.1 Å². The van der Waals surface area contributed by atoms with Crippen molar-refractivity contribution in [1.82, 2.24) is 24.8 Å². The Balaban J connectivity index is 1.60. The summed E-state index contributed by atoms with van der Waals surface area (Å²) in [5.41, 5.74) is 3.36. The third kappa shape index (κ3) is 4.98. The van der Waals surface area contributed by atoms with Gasteiger partial charge in [0.25, 0.3) is 5.91 Å². The summed E-state index contributed by atoms with van der Waals surface area (Å²) in [6.07, 6.45) is 3.51. The van der Waals surface area contributed by atoms with E-state index in [1.807, 2.05) is 32.2 Å². The summed E-state index contributed by atoms with van der Waals surface area (Å²) in [6.45, 7) is 4.87. The molecular weight excluding hydrogens is 454 g/mol. The second-order valence-corrected chi connectivity index (χ2v) is 9.45. The average molecular weight is 482 g/mol. The van der Waals surface area contributed by atoms with E-state index in [2.05, 4.69) is 25.3 Å². The number of anilines is 2. The molecule has 1 aromatic carbocycles. The Bertz CT molecular complexity index is 1270. The fourth-order valence-electron chi connectivity index (χ4n) is 3.40. The Kier molecular flexibility index (Phi) is 6.73. The van der Waals surface area contributed by atoms with Gasteiger partial charge in [0.2, 0.25) is 5.91 Å². The first-order valence-electron chi connectivity index (χ1n) is 10.9. The van der Waals surface area contributed by atoms with Crippen LogP contribution in [0.4, 0.5) is 11.5 Å². The van der Waals surface area contributed by atoms with E-state index in [9.17, 15) is 9.59 Å². The van der Waals surface area contributed by atoms with Crippen LogP contribution in [0.2, 0.25) is 0 Å². The van der Waals surface area contributed by atoms with E-state index >= 15 is 0 Å². The van der Waals surface area contributed by atoms with Crippen LogP contribution in [0.15, 0.2) is 23.5 Å². The van der Waals surface area contributed by atoms with Gasteiger partial charge in [0.05, 0.1) is 18.3 Å². The molecule has 11 heteroatoms. The van der Waals surface area contributed by atoms with Crippen LogP contribution in [0.5, 0.6) is 5.75 Å². The maximum atomic E-state index is 12.9. The molecule has 3 heterocycles. The Morgan fingerprint density at radius 2 is 2.00 bits per heavy atom. The van der Waals surface area contributed by atoms with Gasteiger partial charge >= 0.3 is 0 Å². The van der Waals surface area contributed by atoms with Crippen molar-refractivity contribution in [3.63, 3.8) is 0 Å². The first kappa shape index (κ1) is 23.6. The van der Waals surface area contributed by atoms with Crippen LogP contribution in [-0.4, -0.2) is 76.6 Å². The molecule has 0 radical (unpaired) electrons. The van der Waals surface area contributed by atoms with Crippen LogP contribution in [0.25, 0.3) is 10.3 Å². The minimum absolute atomic E-state index is 0.00949. The van der Waals surface area contributed by atoms with Crippen molar-refractivity contribution in [3.8, 4) is 5.75 Å². The zero-order valence-electron chi connectivity index (χ0n) is 19.8. The maximum Gasteiger partial charge on any atom is 0.282 e. The van der Waals surface area contributed by atoms with Gasteiger partial charge < -0.3 is 19.9 Å². The smallest absolute Gasteiger partial charge is 0.282 e. The SMILES string of the molecule is CC(C)Oc1cc2c(cc1Nc1ncnc3sc(C(=O)N(C)CCC(=O)N(C)C)nc13)C=NC2. The molecule has 3 aromatic rings. The van der Waals surface area contributed by atoms with Gasteiger partial charge in [-0.2, -0.15) is 0 Å². The molecule has 2 amide bonds. The predicted octanol–water partition coefficient (Wildman–Crippen LogP) is 3.10. The standard InChI is InChI=1S/C23H27N7O3S/c1-13(2)33-17-9-15-11-24-10-14(15)8-16(17)27-20-19-21(26-12-25-20)34-22(28-19)23(32)30(5)7-6-18(31)29(3)4/h8-10,12-13H,6-7,11H2,1-5H3,(H,25,26,27). The molecule has 2 aromatic heterocycles. The molecule has 34 heavy (non-hydrogen) atoms. The molecule has 0 unspecified atom stereocenters. The molecular formula is C23H27N7O3S. The lowest BCUT2D eigenvalue weighted by Crippen LogP contribution is -2.32. The first-order chi connectivity index (χ1) is 16.2. The molecule has 0 saturated heterocycles. The monoisotopic (exact) mass is 481 g/mol. The Labute approximate surface area is 201 Å². The fraction of sp³-hybridized carbons (Fsp3) is 0.391. The Morgan fingerprint density at radius 3 is 2.74 bits per heavy atom. The summed E-state index contributed by atoms with van der Waals surface area (Å²) >= 11 is 1.19. The summed E-state index contributed by atoms with van der Waals surface area (Å²) in [4.78, 5) is 45.9. The van der Waals surface area contributed by atoms with Crippen molar-refractivity contribution in [3.05, 3.63) is 34.6 Å². The third-order valence-corrected chi connectivity index (χ3v) is 6.19. The number of carbonyl (C=O) groups is 2. The number of nitrogens with zero attached hydrogens (tertiary/aromatic N) is 6. The highest BCUT2D eigenvalue weighted by Gasteiger charge is 2.21. The fourth-order valence-corrected chi connectivity index (χ4v) is 4.31. The van der Waals surface area contributed by atoms with E-state index in [0.29, 0.717) is 35.0 Å². The van der Waals surface area contributed by atoms with Gasteiger partial charge in [0, 0.05) is 40.3 Å². The number of aliphatic imine (C=N–C) groups is 1.